The lowest BCUT2D eigenvalue weighted by Crippen LogP contribution is -2.47. The van der Waals surface area contributed by atoms with E-state index in [4.69, 9.17) is 4.74 Å². The van der Waals surface area contributed by atoms with Crippen LogP contribution in [0.5, 0.6) is 0 Å². The van der Waals surface area contributed by atoms with E-state index in [1.54, 1.807) is 0 Å². The molecule has 4 rings (SSSR count). The van der Waals surface area contributed by atoms with E-state index >= 15 is 0 Å². The Labute approximate surface area is 161 Å². The highest BCUT2D eigenvalue weighted by molar-refractivity contribution is 5.83. The molecule has 27 heavy (non-hydrogen) atoms. The number of hydrogen-bond donors (Lipinski definition) is 1. The van der Waals surface area contributed by atoms with E-state index in [1.165, 1.54) is 11.3 Å². The fourth-order valence-corrected chi connectivity index (χ4v) is 4.74. The van der Waals surface area contributed by atoms with E-state index in [0.29, 0.717) is 11.8 Å². The van der Waals surface area contributed by atoms with Crippen molar-refractivity contribution < 1.29 is 9.53 Å². The molecule has 1 aromatic rings. The van der Waals surface area contributed by atoms with E-state index in [2.05, 4.69) is 39.1 Å². The Morgan fingerprint density at radius 3 is 2.96 bits per heavy atom. The van der Waals surface area contributed by atoms with Crippen LogP contribution in [0.3, 0.4) is 0 Å². The first-order valence-electron chi connectivity index (χ1n) is 10.4. The van der Waals surface area contributed by atoms with Crippen molar-refractivity contribution in [2.24, 2.45) is 5.41 Å². The van der Waals surface area contributed by atoms with Crippen molar-refractivity contribution in [1.82, 2.24) is 20.0 Å². The number of nitrogens with zero attached hydrogens (tertiary/aromatic N) is 3. The first-order valence-corrected chi connectivity index (χ1v) is 10.4. The van der Waals surface area contributed by atoms with E-state index < -0.39 is 0 Å². The number of piperidine rings is 1. The van der Waals surface area contributed by atoms with Crippen molar-refractivity contribution >= 4 is 5.91 Å². The molecule has 6 heteroatoms. The highest BCUT2D eigenvalue weighted by Gasteiger charge is 2.38. The number of aromatic nitrogens is 2. The molecule has 2 atom stereocenters. The number of carbonyl (C=O) groups excluding carboxylic acids is 1. The predicted molar refractivity (Wildman–Crippen MR) is 104 cm³/mol. The second-order valence-corrected chi connectivity index (χ2v) is 8.56. The van der Waals surface area contributed by atoms with Gasteiger partial charge in [-0.05, 0) is 32.1 Å². The van der Waals surface area contributed by atoms with Crippen LogP contribution >= 0.6 is 0 Å². The van der Waals surface area contributed by atoms with Gasteiger partial charge in [-0.15, -0.1) is 0 Å². The summed E-state index contributed by atoms with van der Waals surface area (Å²) in [7, 11) is 0. The zero-order valence-electron chi connectivity index (χ0n) is 16.5. The molecular formula is C21H32N4O2. The normalized spacial score (nSPS) is 29.8. The second-order valence-electron chi connectivity index (χ2n) is 8.56. The van der Waals surface area contributed by atoms with Crippen molar-refractivity contribution in [3.63, 3.8) is 0 Å². The van der Waals surface area contributed by atoms with Gasteiger partial charge in [0.1, 0.15) is 0 Å². The van der Waals surface area contributed by atoms with Gasteiger partial charge in [-0.2, -0.15) is 5.10 Å². The molecule has 0 spiro atoms. The van der Waals surface area contributed by atoms with E-state index in [-0.39, 0.29) is 5.41 Å². The third kappa shape index (κ3) is 4.11. The minimum Gasteiger partial charge on any atom is -0.379 e. The van der Waals surface area contributed by atoms with Gasteiger partial charge in [-0.3, -0.25) is 14.8 Å². The third-order valence-electron chi connectivity index (χ3n) is 6.48. The number of carbonyl (C=O) groups is 1. The summed E-state index contributed by atoms with van der Waals surface area (Å²) in [4.78, 5) is 17.8. The molecule has 2 fully saturated rings. The number of nitrogens with one attached hydrogen (secondary N) is 1. The lowest BCUT2D eigenvalue weighted by Gasteiger charge is -2.39. The summed E-state index contributed by atoms with van der Waals surface area (Å²) in [6, 6.07) is 0. The summed E-state index contributed by atoms with van der Waals surface area (Å²) in [6.45, 7) is 8.35. The van der Waals surface area contributed by atoms with Gasteiger partial charge >= 0.3 is 0 Å². The molecule has 2 saturated heterocycles. The van der Waals surface area contributed by atoms with Crippen LogP contribution in [0.25, 0.3) is 0 Å². The largest absolute Gasteiger partial charge is 0.379 e. The van der Waals surface area contributed by atoms with Crippen molar-refractivity contribution in [2.75, 3.05) is 39.4 Å². The van der Waals surface area contributed by atoms with Crippen molar-refractivity contribution in [1.29, 1.82) is 0 Å². The minimum absolute atomic E-state index is 0.221. The quantitative estimate of drug-likeness (QED) is 0.826. The Bertz CT molecular complexity index is 679. The van der Waals surface area contributed by atoms with Crippen LogP contribution in [0.1, 0.15) is 56.2 Å². The average molecular weight is 373 g/mol. The Morgan fingerprint density at radius 2 is 2.19 bits per heavy atom. The van der Waals surface area contributed by atoms with E-state index in [1.807, 2.05) is 6.20 Å². The van der Waals surface area contributed by atoms with Crippen LogP contribution in [0.4, 0.5) is 0 Å². The number of morpholine rings is 1. The summed E-state index contributed by atoms with van der Waals surface area (Å²) in [5, 5.41) is 7.60. The van der Waals surface area contributed by atoms with Crippen LogP contribution in [0.15, 0.2) is 18.3 Å². The standard InChI is InChI=1S/C21H32N4O2/c1-21(7-3-2-4-8-21)20(26)25-9-5-6-17(16-25)19-18(14-22-23-19)15-24-10-12-27-13-11-24/h2-3,14,17H,4-13,15-16H2,1H3,(H,22,23). The van der Waals surface area contributed by atoms with Crippen LogP contribution in [-0.4, -0.2) is 65.3 Å². The number of amides is 1. The van der Waals surface area contributed by atoms with E-state index in [9.17, 15) is 4.79 Å². The van der Waals surface area contributed by atoms with Gasteiger partial charge in [0, 0.05) is 49.9 Å². The molecule has 1 aromatic heterocycles. The zero-order valence-corrected chi connectivity index (χ0v) is 16.5. The summed E-state index contributed by atoms with van der Waals surface area (Å²) in [5.41, 5.74) is 2.29. The Kier molecular flexibility index (Phi) is 5.64. The SMILES string of the molecule is CC1(C(=O)N2CCCC(c3[nH]ncc3CN3CCOCC3)C2)CC=CCC1. The number of ether oxygens (including phenoxy) is 1. The fourth-order valence-electron chi connectivity index (χ4n) is 4.74. The third-order valence-corrected chi connectivity index (χ3v) is 6.48. The molecular weight excluding hydrogens is 340 g/mol. The molecule has 1 aliphatic carbocycles. The van der Waals surface area contributed by atoms with Crippen molar-refractivity contribution in [2.45, 2.75) is 51.5 Å². The molecule has 0 bridgehead atoms. The molecule has 148 valence electrons. The highest BCUT2D eigenvalue weighted by Crippen LogP contribution is 2.37. The maximum absolute atomic E-state index is 13.2. The maximum Gasteiger partial charge on any atom is 0.228 e. The van der Waals surface area contributed by atoms with Crippen LogP contribution in [-0.2, 0) is 16.1 Å². The number of likely N-dealkylation sites (tertiary alicyclic amines) is 1. The Balaban J connectivity index is 1.43. The number of rotatable bonds is 4. The molecule has 6 nitrogen and oxygen atoms in total. The van der Waals surface area contributed by atoms with Gasteiger partial charge < -0.3 is 9.64 Å². The summed E-state index contributed by atoms with van der Waals surface area (Å²) < 4.78 is 5.46. The molecule has 3 heterocycles. The summed E-state index contributed by atoms with van der Waals surface area (Å²) in [5.74, 6) is 0.703. The van der Waals surface area contributed by atoms with Gasteiger partial charge in [-0.25, -0.2) is 0 Å². The first-order chi connectivity index (χ1) is 13.2. The van der Waals surface area contributed by atoms with Crippen molar-refractivity contribution in [3.8, 4) is 0 Å². The highest BCUT2D eigenvalue weighted by atomic mass is 16.5. The number of allylic oxidation sites excluding steroid dienone is 2. The molecule has 2 unspecified atom stereocenters. The van der Waals surface area contributed by atoms with Crippen molar-refractivity contribution in [3.05, 3.63) is 29.6 Å². The first kappa shape index (κ1) is 18.7. The molecule has 3 aliphatic rings. The smallest absolute Gasteiger partial charge is 0.228 e. The maximum atomic E-state index is 13.2. The predicted octanol–water partition coefficient (Wildman–Crippen LogP) is 2.69. The topological polar surface area (TPSA) is 61.5 Å². The van der Waals surface area contributed by atoms with Gasteiger partial charge in [-0.1, -0.05) is 19.1 Å². The van der Waals surface area contributed by atoms with Gasteiger partial charge in [0.2, 0.25) is 5.91 Å². The number of H-pyrrole nitrogens is 1. The zero-order chi connectivity index (χ0) is 18.7. The lowest BCUT2D eigenvalue weighted by atomic mass is 9.77. The molecule has 0 radical (unpaired) electrons. The van der Waals surface area contributed by atoms with Gasteiger partial charge in [0.25, 0.3) is 0 Å². The second kappa shape index (κ2) is 8.15. The molecule has 2 aliphatic heterocycles. The van der Waals surface area contributed by atoms with Crippen LogP contribution in [0, 0.1) is 5.41 Å². The minimum atomic E-state index is -0.221. The van der Waals surface area contributed by atoms with Gasteiger partial charge in [0.15, 0.2) is 0 Å². The monoisotopic (exact) mass is 372 g/mol. The summed E-state index contributed by atoms with van der Waals surface area (Å²) >= 11 is 0. The number of hydrogen-bond acceptors (Lipinski definition) is 4. The van der Waals surface area contributed by atoms with Crippen LogP contribution in [0.2, 0.25) is 0 Å². The molecule has 0 aromatic carbocycles. The molecule has 0 saturated carbocycles. The van der Waals surface area contributed by atoms with Crippen LogP contribution < -0.4 is 0 Å². The van der Waals surface area contributed by atoms with Gasteiger partial charge in [0.05, 0.1) is 24.8 Å². The molecule has 1 N–H and O–H groups in total. The lowest BCUT2D eigenvalue weighted by molar-refractivity contribution is -0.143. The summed E-state index contributed by atoms with van der Waals surface area (Å²) in [6.07, 6.45) is 11.4. The van der Waals surface area contributed by atoms with E-state index in [0.717, 1.165) is 78.0 Å². The average Bonchev–Trinajstić information content (AvgIpc) is 3.17. The number of aromatic amines is 1. The Morgan fingerprint density at radius 1 is 1.33 bits per heavy atom. The Hall–Kier alpha value is -1.66. The fraction of sp³-hybridized carbons (Fsp3) is 0.714. The molecule has 1 amide bonds.